The molecule has 1 saturated heterocycles. The first-order valence-electron chi connectivity index (χ1n) is 9.63. The van der Waals surface area contributed by atoms with Crippen LogP contribution in [0.5, 0.6) is 0 Å². The lowest BCUT2D eigenvalue weighted by molar-refractivity contribution is -0.135. The van der Waals surface area contributed by atoms with Crippen molar-refractivity contribution in [2.45, 2.75) is 44.7 Å². The Morgan fingerprint density at radius 2 is 2.00 bits per heavy atom. The van der Waals surface area contributed by atoms with Gasteiger partial charge in [0.1, 0.15) is 0 Å². The highest BCUT2D eigenvalue weighted by atomic mass is 16.5. The molecule has 1 fully saturated rings. The standard InChI is InChI=1S/C20H29N3O3/c1-2-10-26-11-8-21-19(24)14-18-20(25)22-7-9-23(18)17-12-15-5-3-4-6-16(15)13-17/h3-6,17-18H,2,7-14H2,1H3,(H,21,24)(H,22,25). The van der Waals surface area contributed by atoms with Gasteiger partial charge < -0.3 is 15.4 Å². The number of amides is 2. The van der Waals surface area contributed by atoms with Crippen LogP contribution < -0.4 is 10.6 Å². The number of rotatable bonds is 8. The Kier molecular flexibility index (Phi) is 6.63. The lowest BCUT2D eigenvalue weighted by Gasteiger charge is -2.38. The highest BCUT2D eigenvalue weighted by Crippen LogP contribution is 2.27. The molecule has 26 heavy (non-hydrogen) atoms. The van der Waals surface area contributed by atoms with Crippen LogP contribution in [-0.2, 0) is 27.2 Å². The van der Waals surface area contributed by atoms with Crippen LogP contribution in [-0.4, -0.2) is 61.6 Å². The van der Waals surface area contributed by atoms with E-state index in [0.717, 1.165) is 25.8 Å². The van der Waals surface area contributed by atoms with Crippen LogP contribution in [0.4, 0.5) is 0 Å². The minimum Gasteiger partial charge on any atom is -0.380 e. The summed E-state index contributed by atoms with van der Waals surface area (Å²) in [7, 11) is 0. The Bertz CT molecular complexity index is 609. The average molecular weight is 359 g/mol. The molecule has 0 radical (unpaired) electrons. The third kappa shape index (κ3) is 4.62. The smallest absolute Gasteiger partial charge is 0.237 e. The Labute approximate surface area is 155 Å². The highest BCUT2D eigenvalue weighted by molar-refractivity contribution is 5.88. The molecule has 1 aromatic rings. The lowest BCUT2D eigenvalue weighted by atomic mass is 10.0. The maximum absolute atomic E-state index is 12.4. The van der Waals surface area contributed by atoms with Crippen molar-refractivity contribution in [3.8, 4) is 0 Å². The van der Waals surface area contributed by atoms with Gasteiger partial charge in [0.2, 0.25) is 11.8 Å². The van der Waals surface area contributed by atoms with E-state index in [-0.39, 0.29) is 24.3 Å². The molecule has 2 aliphatic rings. The van der Waals surface area contributed by atoms with Gasteiger partial charge in [0.05, 0.1) is 19.1 Å². The van der Waals surface area contributed by atoms with Crippen LogP contribution in [0.2, 0.25) is 0 Å². The molecular formula is C20H29N3O3. The molecule has 1 unspecified atom stereocenters. The Morgan fingerprint density at radius 1 is 1.27 bits per heavy atom. The van der Waals surface area contributed by atoms with Gasteiger partial charge in [-0.15, -0.1) is 0 Å². The number of benzene rings is 1. The van der Waals surface area contributed by atoms with Crippen LogP contribution >= 0.6 is 0 Å². The highest BCUT2D eigenvalue weighted by Gasteiger charge is 2.37. The minimum atomic E-state index is -0.389. The van der Waals surface area contributed by atoms with E-state index < -0.39 is 0 Å². The third-order valence-electron chi connectivity index (χ3n) is 5.17. The quantitative estimate of drug-likeness (QED) is 0.676. The average Bonchev–Trinajstić information content (AvgIpc) is 3.07. The van der Waals surface area contributed by atoms with Gasteiger partial charge in [-0.1, -0.05) is 31.2 Å². The predicted molar refractivity (Wildman–Crippen MR) is 99.9 cm³/mol. The number of ether oxygens (including phenoxy) is 1. The number of carbonyl (C=O) groups excluding carboxylic acids is 2. The second-order valence-electron chi connectivity index (χ2n) is 7.04. The van der Waals surface area contributed by atoms with Crippen LogP contribution in [0.1, 0.15) is 30.9 Å². The summed E-state index contributed by atoms with van der Waals surface area (Å²) in [5.41, 5.74) is 2.72. The Balaban J connectivity index is 1.55. The van der Waals surface area contributed by atoms with E-state index >= 15 is 0 Å². The number of nitrogens with one attached hydrogen (secondary N) is 2. The number of nitrogens with zero attached hydrogens (tertiary/aromatic N) is 1. The van der Waals surface area contributed by atoms with Gasteiger partial charge >= 0.3 is 0 Å². The molecule has 142 valence electrons. The van der Waals surface area contributed by atoms with Gasteiger partial charge in [-0.2, -0.15) is 0 Å². The van der Waals surface area contributed by atoms with Gasteiger partial charge in [-0.25, -0.2) is 0 Å². The number of hydrogen-bond acceptors (Lipinski definition) is 4. The van der Waals surface area contributed by atoms with E-state index in [9.17, 15) is 9.59 Å². The molecule has 2 N–H and O–H groups in total. The fourth-order valence-electron chi connectivity index (χ4n) is 3.91. The summed E-state index contributed by atoms with van der Waals surface area (Å²) in [6.07, 6.45) is 3.07. The second kappa shape index (κ2) is 9.14. The lowest BCUT2D eigenvalue weighted by Crippen LogP contribution is -2.59. The zero-order valence-corrected chi connectivity index (χ0v) is 15.5. The molecule has 0 spiro atoms. The van der Waals surface area contributed by atoms with Crippen LogP contribution in [0.3, 0.4) is 0 Å². The van der Waals surface area contributed by atoms with Crippen LogP contribution in [0.25, 0.3) is 0 Å². The fourth-order valence-corrected chi connectivity index (χ4v) is 3.91. The maximum atomic E-state index is 12.4. The van der Waals surface area contributed by atoms with E-state index in [1.807, 2.05) is 0 Å². The molecular weight excluding hydrogens is 330 g/mol. The summed E-state index contributed by atoms with van der Waals surface area (Å²) in [4.78, 5) is 27.0. The molecule has 3 rings (SSSR count). The van der Waals surface area contributed by atoms with Crippen molar-refractivity contribution in [1.82, 2.24) is 15.5 Å². The van der Waals surface area contributed by atoms with Crippen molar-refractivity contribution in [2.75, 3.05) is 32.8 Å². The van der Waals surface area contributed by atoms with Crippen molar-refractivity contribution in [1.29, 1.82) is 0 Å². The predicted octanol–water partition coefficient (Wildman–Crippen LogP) is 0.887. The molecule has 0 saturated carbocycles. The first kappa shape index (κ1) is 18.9. The van der Waals surface area contributed by atoms with E-state index in [1.165, 1.54) is 11.1 Å². The molecule has 0 bridgehead atoms. The molecule has 1 atom stereocenters. The molecule has 1 heterocycles. The molecule has 6 heteroatoms. The van der Waals surface area contributed by atoms with Gasteiger partial charge in [0.15, 0.2) is 0 Å². The van der Waals surface area contributed by atoms with Gasteiger partial charge in [0.25, 0.3) is 0 Å². The first-order chi connectivity index (χ1) is 12.7. The van der Waals surface area contributed by atoms with E-state index in [0.29, 0.717) is 32.3 Å². The summed E-state index contributed by atoms with van der Waals surface area (Å²) in [5, 5.41) is 5.78. The zero-order chi connectivity index (χ0) is 18.4. The summed E-state index contributed by atoms with van der Waals surface area (Å²) >= 11 is 0. The van der Waals surface area contributed by atoms with Crippen molar-refractivity contribution in [3.05, 3.63) is 35.4 Å². The normalized spacial score (nSPS) is 20.7. The van der Waals surface area contributed by atoms with Crippen molar-refractivity contribution >= 4 is 11.8 Å². The molecule has 2 amide bonds. The Hall–Kier alpha value is -1.92. The summed E-state index contributed by atoms with van der Waals surface area (Å²) in [6, 6.07) is 8.36. The van der Waals surface area contributed by atoms with Crippen molar-refractivity contribution in [3.63, 3.8) is 0 Å². The molecule has 0 aromatic heterocycles. The van der Waals surface area contributed by atoms with Crippen molar-refractivity contribution in [2.24, 2.45) is 0 Å². The third-order valence-corrected chi connectivity index (χ3v) is 5.17. The second-order valence-corrected chi connectivity index (χ2v) is 7.04. The topological polar surface area (TPSA) is 70.7 Å². The summed E-state index contributed by atoms with van der Waals surface area (Å²) < 4.78 is 5.38. The molecule has 1 aliphatic heterocycles. The van der Waals surface area contributed by atoms with E-state index in [1.54, 1.807) is 0 Å². The molecule has 1 aromatic carbocycles. The molecule has 1 aliphatic carbocycles. The number of hydrogen-bond donors (Lipinski definition) is 2. The molecule has 6 nitrogen and oxygen atoms in total. The first-order valence-corrected chi connectivity index (χ1v) is 9.63. The van der Waals surface area contributed by atoms with E-state index in [4.69, 9.17) is 4.74 Å². The number of carbonyl (C=O) groups is 2. The maximum Gasteiger partial charge on any atom is 0.237 e. The van der Waals surface area contributed by atoms with Crippen molar-refractivity contribution < 1.29 is 14.3 Å². The van der Waals surface area contributed by atoms with Gasteiger partial charge in [0, 0.05) is 32.3 Å². The fraction of sp³-hybridized carbons (Fsp3) is 0.600. The minimum absolute atomic E-state index is 0.0374. The SMILES string of the molecule is CCCOCCNC(=O)CC1C(=O)NCCN1C1Cc2ccccc2C1. The summed E-state index contributed by atoms with van der Waals surface area (Å²) in [6.45, 7) is 5.20. The van der Waals surface area contributed by atoms with Gasteiger partial charge in [-0.05, 0) is 30.4 Å². The largest absolute Gasteiger partial charge is 0.380 e. The monoisotopic (exact) mass is 359 g/mol. The van der Waals surface area contributed by atoms with Gasteiger partial charge in [-0.3, -0.25) is 14.5 Å². The summed E-state index contributed by atoms with van der Waals surface area (Å²) in [5.74, 6) is -0.128. The Morgan fingerprint density at radius 3 is 2.69 bits per heavy atom. The van der Waals surface area contributed by atoms with Crippen LogP contribution in [0, 0.1) is 0 Å². The number of fused-ring (bicyclic) bond motifs is 1. The zero-order valence-electron chi connectivity index (χ0n) is 15.5. The van der Waals surface area contributed by atoms with E-state index in [2.05, 4.69) is 46.7 Å². The number of piperazine rings is 1. The van der Waals surface area contributed by atoms with Crippen LogP contribution in [0.15, 0.2) is 24.3 Å².